The van der Waals surface area contributed by atoms with Crippen molar-refractivity contribution in [1.29, 1.82) is 0 Å². The summed E-state index contributed by atoms with van der Waals surface area (Å²) in [6.45, 7) is 6.81. The molecule has 2 nitrogen and oxygen atoms in total. The van der Waals surface area contributed by atoms with Gasteiger partial charge in [-0.3, -0.25) is 0 Å². The van der Waals surface area contributed by atoms with Crippen LogP contribution in [0.1, 0.15) is 70.3 Å². The summed E-state index contributed by atoms with van der Waals surface area (Å²) in [6.07, 6.45) is 20.4. The van der Waals surface area contributed by atoms with E-state index in [0.29, 0.717) is 0 Å². The molecule has 5 aromatic carbocycles. The lowest BCUT2D eigenvalue weighted by molar-refractivity contribution is 0.807. The minimum Gasteiger partial charge on any atom is -0.318 e. The molecule has 7 aromatic rings. The predicted molar refractivity (Wildman–Crippen MR) is 241 cm³/mol. The number of hydrogen-bond donors (Lipinski definition) is 0. The third-order valence-corrected chi connectivity index (χ3v) is 13.9. The number of nitrogens with zero attached hydrogens (tertiary/aromatic N) is 2. The van der Waals surface area contributed by atoms with Crippen LogP contribution in [0, 0.1) is 6.92 Å². The number of para-hydroxylation sites is 1. The maximum atomic E-state index is 5.88. The summed E-state index contributed by atoms with van der Waals surface area (Å²) in [5, 5.41) is 5.04. The van der Waals surface area contributed by atoms with Gasteiger partial charge in [-0.2, -0.15) is 0 Å². The van der Waals surface area contributed by atoms with Crippen molar-refractivity contribution in [2.24, 2.45) is 4.99 Å². The second-order valence-corrected chi connectivity index (χ2v) is 17.2. The molecule has 0 N–H and O–H groups in total. The topological polar surface area (TPSA) is 15.6 Å². The van der Waals surface area contributed by atoms with Crippen molar-refractivity contribution in [2.45, 2.75) is 52.5 Å². The lowest BCUT2D eigenvalue weighted by Gasteiger charge is -2.35. The standard InChI is InChI=1S/C51H42N2S2/c1-4-41(39-27-26-34-16-8-9-17-35(34)28-39)51(52-49-33(3)54-46-25-15-13-23-43(46)49)53-32(2)50-48(44-30-36-18-10-11-19-37(36)31-47(44)55-50)42-22-7-5-6-20-38(42)29-40-21-12-14-24-45(40)53/h4,6-9,11-17,19-28,30-32H,5,10,18,29H2,1-3H3/b41-4-,52-51+. The maximum Gasteiger partial charge on any atom is 0.141 e. The molecule has 0 spiro atoms. The second kappa shape index (κ2) is 13.9. The van der Waals surface area contributed by atoms with Crippen LogP contribution >= 0.6 is 22.7 Å². The summed E-state index contributed by atoms with van der Waals surface area (Å²) in [4.78, 5) is 11.1. The van der Waals surface area contributed by atoms with Crippen molar-refractivity contribution in [2.75, 3.05) is 4.90 Å². The Morgan fingerprint density at radius 1 is 0.764 bits per heavy atom. The van der Waals surface area contributed by atoms with E-state index in [1.54, 1.807) is 0 Å². The van der Waals surface area contributed by atoms with Crippen LogP contribution in [-0.2, 0) is 12.8 Å². The number of benzene rings is 5. The fourth-order valence-corrected chi connectivity index (χ4v) is 11.1. The first-order chi connectivity index (χ1) is 27.1. The van der Waals surface area contributed by atoms with Gasteiger partial charge in [0.05, 0.1) is 11.7 Å². The van der Waals surface area contributed by atoms with Gasteiger partial charge in [-0.25, -0.2) is 4.99 Å². The van der Waals surface area contributed by atoms with Crippen LogP contribution in [0.4, 0.5) is 11.4 Å². The number of amidine groups is 1. The molecule has 2 aliphatic carbocycles. The van der Waals surface area contributed by atoms with Gasteiger partial charge >= 0.3 is 0 Å². The third-order valence-electron chi connectivity index (χ3n) is 11.5. The summed E-state index contributed by atoms with van der Waals surface area (Å²) < 4.78 is 2.61. The number of thiophene rings is 2. The van der Waals surface area contributed by atoms with E-state index in [4.69, 9.17) is 4.99 Å². The summed E-state index contributed by atoms with van der Waals surface area (Å²) in [6, 6.07) is 38.3. The van der Waals surface area contributed by atoms with Crippen LogP contribution in [0.2, 0.25) is 0 Å². The van der Waals surface area contributed by atoms with Crippen molar-refractivity contribution in [3.05, 3.63) is 183 Å². The van der Waals surface area contributed by atoms with Gasteiger partial charge in [-0.15, -0.1) is 22.7 Å². The Kier molecular flexibility index (Phi) is 8.61. The zero-order chi connectivity index (χ0) is 37.0. The molecule has 0 fully saturated rings. The van der Waals surface area contributed by atoms with Crippen molar-refractivity contribution >= 4 is 88.1 Å². The molecule has 1 atom stereocenters. The molecule has 3 aliphatic rings. The molecule has 10 rings (SSSR count). The number of allylic oxidation sites excluding steroid dienone is 8. The fourth-order valence-electron chi connectivity index (χ4n) is 8.83. The number of aliphatic imine (C=N–C) groups is 1. The largest absolute Gasteiger partial charge is 0.318 e. The monoisotopic (exact) mass is 746 g/mol. The Morgan fingerprint density at radius 3 is 2.49 bits per heavy atom. The Balaban J connectivity index is 1.29. The molecular weight excluding hydrogens is 705 g/mol. The van der Waals surface area contributed by atoms with E-state index in [-0.39, 0.29) is 6.04 Å². The summed E-state index contributed by atoms with van der Waals surface area (Å²) in [7, 11) is 0. The van der Waals surface area contributed by atoms with E-state index in [9.17, 15) is 0 Å². The molecule has 0 saturated heterocycles. The lowest BCUT2D eigenvalue weighted by atomic mass is 9.90. The number of anilines is 1. The minimum atomic E-state index is -0.0343. The van der Waals surface area contributed by atoms with E-state index in [2.05, 4.69) is 171 Å². The van der Waals surface area contributed by atoms with Crippen molar-refractivity contribution in [3.63, 3.8) is 0 Å². The molecule has 55 heavy (non-hydrogen) atoms. The highest BCUT2D eigenvalue weighted by molar-refractivity contribution is 7.20. The first kappa shape index (κ1) is 34.0. The van der Waals surface area contributed by atoms with Gasteiger partial charge in [0.2, 0.25) is 0 Å². The zero-order valence-corrected chi connectivity index (χ0v) is 33.1. The Morgan fingerprint density at radius 2 is 1.58 bits per heavy atom. The normalized spacial score (nSPS) is 17.1. The van der Waals surface area contributed by atoms with Gasteiger partial charge in [0.25, 0.3) is 0 Å². The van der Waals surface area contributed by atoms with Gasteiger partial charge in [-0.05, 0) is 115 Å². The quantitative estimate of drug-likeness (QED) is 0.130. The summed E-state index contributed by atoms with van der Waals surface area (Å²) in [5.41, 5.74) is 12.8. The Bertz CT molecular complexity index is 2870. The molecule has 268 valence electrons. The average Bonchev–Trinajstić information content (AvgIpc) is 3.65. The first-order valence-electron chi connectivity index (χ1n) is 19.5. The Hall–Kier alpha value is -5.55. The predicted octanol–water partition coefficient (Wildman–Crippen LogP) is 14.8. The maximum absolute atomic E-state index is 5.88. The van der Waals surface area contributed by atoms with Crippen LogP contribution in [0.5, 0.6) is 0 Å². The highest BCUT2D eigenvalue weighted by Gasteiger charge is 2.33. The molecule has 1 unspecified atom stereocenters. The first-order valence-corrected chi connectivity index (χ1v) is 21.1. The van der Waals surface area contributed by atoms with Crippen LogP contribution in [0.15, 0.2) is 150 Å². The van der Waals surface area contributed by atoms with E-state index < -0.39 is 0 Å². The molecule has 0 bridgehead atoms. The van der Waals surface area contributed by atoms with E-state index >= 15 is 0 Å². The molecule has 0 amide bonds. The van der Waals surface area contributed by atoms with Gasteiger partial charge in [0.1, 0.15) is 5.84 Å². The number of fused-ring (bicyclic) bond motifs is 8. The van der Waals surface area contributed by atoms with Crippen molar-refractivity contribution in [3.8, 4) is 0 Å². The van der Waals surface area contributed by atoms with E-state index in [1.807, 2.05) is 22.7 Å². The van der Waals surface area contributed by atoms with E-state index in [0.717, 1.165) is 48.3 Å². The van der Waals surface area contributed by atoms with Crippen molar-refractivity contribution < 1.29 is 0 Å². The number of rotatable bonds is 3. The SMILES string of the molecule is C/C=C(\C(=N/c1c(C)sc2ccccc12)N1c2ccccc2CC2=C(C=CCC=C2)c2c(sc3cc4c(cc23)CCC=C4)C1C)c1ccc2ccccc2c1. The zero-order valence-electron chi connectivity index (χ0n) is 31.5. The van der Waals surface area contributed by atoms with Gasteiger partial charge in [-0.1, -0.05) is 115 Å². The summed E-state index contributed by atoms with van der Waals surface area (Å²) >= 11 is 3.79. The van der Waals surface area contributed by atoms with Crippen LogP contribution in [0.3, 0.4) is 0 Å². The minimum absolute atomic E-state index is 0.0343. The van der Waals surface area contributed by atoms with E-state index in [1.165, 1.54) is 79.8 Å². The second-order valence-electron chi connectivity index (χ2n) is 14.9. The molecule has 4 heteroatoms. The average molecular weight is 747 g/mol. The van der Waals surface area contributed by atoms with Gasteiger partial charge < -0.3 is 4.90 Å². The van der Waals surface area contributed by atoms with Crippen LogP contribution < -0.4 is 4.90 Å². The lowest BCUT2D eigenvalue weighted by Crippen LogP contribution is -2.35. The van der Waals surface area contributed by atoms with Gasteiger partial charge in [0, 0.05) is 53.2 Å². The molecule has 3 heterocycles. The molecule has 0 radical (unpaired) electrons. The van der Waals surface area contributed by atoms with Crippen LogP contribution in [0.25, 0.3) is 48.2 Å². The highest BCUT2D eigenvalue weighted by atomic mass is 32.1. The molecular formula is C51H42N2S2. The highest BCUT2D eigenvalue weighted by Crippen LogP contribution is 2.49. The number of aryl methyl sites for hydroxylation is 2. The molecule has 1 aliphatic heterocycles. The summed E-state index contributed by atoms with van der Waals surface area (Å²) in [5.74, 6) is 0.971. The smallest absolute Gasteiger partial charge is 0.141 e. The number of hydrogen-bond acceptors (Lipinski definition) is 3. The third kappa shape index (κ3) is 5.87. The molecule has 2 aromatic heterocycles. The van der Waals surface area contributed by atoms with Crippen molar-refractivity contribution in [1.82, 2.24) is 0 Å². The molecule has 0 saturated carbocycles. The Labute approximate surface area is 331 Å². The van der Waals surface area contributed by atoms with Gasteiger partial charge in [0.15, 0.2) is 0 Å². The fraction of sp³-hybridized carbons (Fsp3) is 0.157. The van der Waals surface area contributed by atoms with Crippen LogP contribution in [-0.4, -0.2) is 5.84 Å².